The van der Waals surface area contributed by atoms with E-state index in [1.807, 2.05) is 54.7 Å². The molecule has 0 aliphatic heterocycles. The van der Waals surface area contributed by atoms with E-state index in [0.29, 0.717) is 0 Å². The fourth-order valence-electron chi connectivity index (χ4n) is 7.28. The minimum absolute atomic E-state index is 0. The summed E-state index contributed by atoms with van der Waals surface area (Å²) >= 11 is 0. The maximum absolute atomic E-state index is 6.41. The zero-order valence-electron chi connectivity index (χ0n) is 28.0. The van der Waals surface area contributed by atoms with Crippen molar-refractivity contribution in [1.29, 1.82) is 0 Å². The Labute approximate surface area is 304 Å². The second kappa shape index (κ2) is 12.5. The maximum Gasteiger partial charge on any atom is 0.136 e. The summed E-state index contributed by atoms with van der Waals surface area (Å²) in [5, 5.41) is 7.27. The van der Waals surface area contributed by atoms with Crippen LogP contribution in [0.2, 0.25) is 0 Å². The third kappa shape index (κ3) is 5.44. The monoisotopic (exact) mass is 824 g/mol. The van der Waals surface area contributed by atoms with Crippen molar-refractivity contribution in [3.05, 3.63) is 151 Å². The van der Waals surface area contributed by atoms with Crippen LogP contribution in [0, 0.1) is 17.5 Å². The van der Waals surface area contributed by atoms with E-state index >= 15 is 0 Å². The Morgan fingerprint density at radius 2 is 1.40 bits per heavy atom. The molecule has 5 heteroatoms. The average molecular weight is 824 g/mol. The second-order valence-electron chi connectivity index (χ2n) is 13.9. The molecule has 50 heavy (non-hydrogen) atoms. The molecular weight excluding hydrogens is 791 g/mol. The van der Waals surface area contributed by atoms with Gasteiger partial charge in [-0.2, -0.15) is 0 Å². The third-order valence-corrected chi connectivity index (χ3v) is 9.22. The first kappa shape index (κ1) is 31.9. The van der Waals surface area contributed by atoms with Crippen molar-refractivity contribution in [2.75, 3.05) is 0 Å². The summed E-state index contributed by atoms with van der Waals surface area (Å²) in [5.41, 5.74) is 11.0. The van der Waals surface area contributed by atoms with Gasteiger partial charge in [0, 0.05) is 59.6 Å². The van der Waals surface area contributed by atoms with E-state index in [-0.39, 0.29) is 25.5 Å². The second-order valence-corrected chi connectivity index (χ2v) is 13.9. The first-order valence-corrected chi connectivity index (χ1v) is 16.7. The van der Waals surface area contributed by atoms with Crippen LogP contribution in [0.25, 0.3) is 82.5 Å². The molecule has 0 amide bonds. The molecule has 0 saturated heterocycles. The molecule has 0 unspecified atom stereocenters. The van der Waals surface area contributed by atoms with Crippen LogP contribution in [0.1, 0.15) is 26.3 Å². The number of aromatic nitrogens is 3. The topological polar surface area (TPSA) is 43.3 Å². The first-order valence-electron chi connectivity index (χ1n) is 16.7. The van der Waals surface area contributed by atoms with E-state index in [9.17, 15) is 0 Å². The van der Waals surface area contributed by atoms with Crippen LogP contribution in [-0.2, 0) is 26.5 Å². The van der Waals surface area contributed by atoms with Gasteiger partial charge in [-0.05, 0) is 64.5 Å². The minimum Gasteiger partial charge on any atom is -0.456 e. The van der Waals surface area contributed by atoms with Crippen molar-refractivity contribution >= 4 is 60.0 Å². The van der Waals surface area contributed by atoms with Gasteiger partial charge in [0.25, 0.3) is 0 Å². The Kier molecular flexibility index (Phi) is 7.98. The fraction of sp³-hybridized carbons (Fsp3) is 0.111. The molecule has 5 aromatic heterocycles. The molecular formula is C45H33IrN3O-2. The summed E-state index contributed by atoms with van der Waals surface area (Å²) < 4.78 is 8.81. The molecule has 4 nitrogen and oxygen atoms in total. The molecule has 0 atom stereocenters. The Bertz CT molecular complexity index is 2740. The molecule has 0 fully saturated rings. The predicted octanol–water partition coefficient (Wildman–Crippen LogP) is 11.7. The molecule has 0 aliphatic rings. The Morgan fingerprint density at radius 3 is 2.20 bits per heavy atom. The summed E-state index contributed by atoms with van der Waals surface area (Å²) in [6.07, 6.45) is 4.72. The number of rotatable bonds is 3. The van der Waals surface area contributed by atoms with Crippen molar-refractivity contribution in [2.45, 2.75) is 27.2 Å². The molecule has 245 valence electrons. The van der Waals surface area contributed by atoms with Gasteiger partial charge in [-0.25, -0.2) is 0 Å². The van der Waals surface area contributed by atoms with Gasteiger partial charge in [0.2, 0.25) is 0 Å². The molecule has 0 aliphatic carbocycles. The smallest absolute Gasteiger partial charge is 0.136 e. The standard InChI is InChI=1S/C34H25N2O.C11H8N.Ir/c1-34(2,3)19-20-14-15-35-26(16-20)21-12-13-28-24(17-21)25-18-30-31(23-9-5-7-11-29(23)37-30)32-22-8-4-6-10-27(22)36(28)33(25)32;1-2-6-10(7-3-1)11-8-4-5-9-12-11;/h4-11,13-18H,19H2,1-3H3;1-6,8-9H;/q2*-1;. The number of pyridine rings is 2. The average Bonchev–Trinajstić information content (AvgIpc) is 3.78. The van der Waals surface area contributed by atoms with Gasteiger partial charge in [0.1, 0.15) is 11.2 Å². The number of nitrogens with zero attached hydrogens (tertiary/aromatic N) is 3. The van der Waals surface area contributed by atoms with Crippen molar-refractivity contribution in [2.24, 2.45) is 5.41 Å². The van der Waals surface area contributed by atoms with Crippen molar-refractivity contribution < 1.29 is 24.5 Å². The summed E-state index contributed by atoms with van der Waals surface area (Å²) in [4.78, 5) is 8.94. The van der Waals surface area contributed by atoms with Gasteiger partial charge in [-0.3, -0.25) is 0 Å². The van der Waals surface area contributed by atoms with E-state index in [1.165, 1.54) is 43.5 Å². The van der Waals surface area contributed by atoms with Crippen LogP contribution >= 0.6 is 0 Å². The molecule has 0 bridgehead atoms. The third-order valence-electron chi connectivity index (χ3n) is 9.22. The number of hydrogen-bond donors (Lipinski definition) is 0. The SMILES string of the molecule is CC(C)(C)Cc1ccnc(-c2[c-]cc3c(c2)c2cc4oc5ccccc5c4c4c5ccccc5n3c24)c1.[Ir].[c-]1ccccc1-c1ccccn1. The predicted molar refractivity (Wildman–Crippen MR) is 202 cm³/mol. The molecule has 0 saturated carbocycles. The van der Waals surface area contributed by atoms with Crippen molar-refractivity contribution in [3.8, 4) is 22.5 Å². The minimum atomic E-state index is 0. The van der Waals surface area contributed by atoms with Crippen LogP contribution in [0.5, 0.6) is 0 Å². The van der Waals surface area contributed by atoms with E-state index in [2.05, 4.69) is 115 Å². The first-order chi connectivity index (χ1) is 23.9. The van der Waals surface area contributed by atoms with Crippen molar-refractivity contribution in [3.63, 3.8) is 0 Å². The molecule has 0 spiro atoms. The van der Waals surface area contributed by atoms with E-state index in [1.54, 1.807) is 6.20 Å². The fourth-order valence-corrected chi connectivity index (χ4v) is 7.28. The Morgan fingerprint density at radius 1 is 0.620 bits per heavy atom. The number of fused-ring (bicyclic) bond motifs is 10. The zero-order chi connectivity index (χ0) is 33.1. The van der Waals surface area contributed by atoms with Gasteiger partial charge in [-0.15, -0.1) is 59.7 Å². The zero-order valence-corrected chi connectivity index (χ0v) is 30.4. The number of hydrogen-bond acceptors (Lipinski definition) is 3. The molecule has 10 rings (SSSR count). The molecule has 10 aromatic rings. The van der Waals surface area contributed by atoms with Gasteiger partial charge in [-0.1, -0.05) is 86.3 Å². The molecule has 0 N–H and O–H groups in total. The van der Waals surface area contributed by atoms with Gasteiger partial charge in [0.05, 0.1) is 5.52 Å². The number of furan rings is 1. The van der Waals surface area contributed by atoms with Crippen LogP contribution in [0.15, 0.2) is 138 Å². The van der Waals surface area contributed by atoms with Gasteiger partial charge in [0.15, 0.2) is 0 Å². The summed E-state index contributed by atoms with van der Waals surface area (Å²) in [6.45, 7) is 6.81. The summed E-state index contributed by atoms with van der Waals surface area (Å²) in [7, 11) is 0. The van der Waals surface area contributed by atoms with Crippen LogP contribution < -0.4 is 0 Å². The van der Waals surface area contributed by atoms with Crippen LogP contribution in [-0.4, -0.2) is 14.4 Å². The Balaban J connectivity index is 0.000000236. The summed E-state index contributed by atoms with van der Waals surface area (Å²) in [6, 6.07) is 48.4. The molecule has 5 aromatic carbocycles. The molecule has 5 heterocycles. The number of benzene rings is 5. The Hall–Kier alpha value is -5.35. The van der Waals surface area contributed by atoms with Gasteiger partial charge >= 0.3 is 0 Å². The molecule has 1 radical (unpaired) electrons. The largest absolute Gasteiger partial charge is 0.456 e. The van der Waals surface area contributed by atoms with Crippen LogP contribution in [0.4, 0.5) is 0 Å². The maximum atomic E-state index is 6.41. The van der Waals surface area contributed by atoms with Crippen LogP contribution in [0.3, 0.4) is 0 Å². The van der Waals surface area contributed by atoms with Gasteiger partial charge < -0.3 is 18.8 Å². The summed E-state index contributed by atoms with van der Waals surface area (Å²) in [5.74, 6) is 0. The van der Waals surface area contributed by atoms with E-state index < -0.39 is 0 Å². The van der Waals surface area contributed by atoms with E-state index in [4.69, 9.17) is 9.40 Å². The number of para-hydroxylation sites is 2. The normalized spacial score (nSPS) is 11.8. The quantitative estimate of drug-likeness (QED) is 0.167. The van der Waals surface area contributed by atoms with Crippen molar-refractivity contribution in [1.82, 2.24) is 14.4 Å². The van der Waals surface area contributed by atoms with E-state index in [0.717, 1.165) is 51.0 Å².